The zero-order valence-electron chi connectivity index (χ0n) is 13.5. The molecule has 0 atom stereocenters. The number of carbonyl (C=O) groups is 1. The number of ether oxygens (including phenoxy) is 1. The van der Waals surface area contributed by atoms with Crippen LogP contribution >= 0.6 is 0 Å². The molecule has 1 aromatic carbocycles. The van der Waals surface area contributed by atoms with Gasteiger partial charge in [-0.3, -0.25) is 9.79 Å². The van der Waals surface area contributed by atoms with Crippen LogP contribution in [0.4, 0.5) is 0 Å². The first-order valence-corrected chi connectivity index (χ1v) is 7.64. The Morgan fingerprint density at radius 2 is 1.91 bits per heavy atom. The van der Waals surface area contributed by atoms with Gasteiger partial charge in [-0.05, 0) is 39.2 Å². The largest absolute Gasteiger partial charge is 0.459 e. The maximum atomic E-state index is 11.9. The minimum Gasteiger partial charge on any atom is -0.459 e. The number of benzene rings is 1. The van der Waals surface area contributed by atoms with E-state index < -0.39 is 5.60 Å². The second-order valence-electron chi connectivity index (χ2n) is 6.26. The third kappa shape index (κ3) is 4.99. The molecule has 0 heterocycles. The molecule has 0 amide bonds. The highest BCUT2D eigenvalue weighted by molar-refractivity contribution is 6.14. The van der Waals surface area contributed by atoms with Gasteiger partial charge in [0.05, 0.1) is 5.71 Å². The van der Waals surface area contributed by atoms with E-state index in [0.717, 1.165) is 29.7 Å². The second kappa shape index (κ2) is 7.21. The maximum Gasteiger partial charge on any atom is 0.328 e. The summed E-state index contributed by atoms with van der Waals surface area (Å²) in [4.78, 5) is 16.4. The second-order valence-corrected chi connectivity index (χ2v) is 6.26. The average molecular weight is 297 g/mol. The Kier molecular flexibility index (Phi) is 5.31. The maximum absolute atomic E-state index is 11.9. The van der Waals surface area contributed by atoms with Crippen molar-refractivity contribution in [2.24, 2.45) is 4.99 Å². The van der Waals surface area contributed by atoms with Crippen molar-refractivity contribution < 1.29 is 9.53 Å². The summed E-state index contributed by atoms with van der Waals surface area (Å²) in [7, 11) is 0. The summed E-state index contributed by atoms with van der Waals surface area (Å²) in [6.45, 7) is 5.62. The van der Waals surface area contributed by atoms with Gasteiger partial charge in [0.2, 0.25) is 0 Å². The summed E-state index contributed by atoms with van der Waals surface area (Å²) in [5.41, 5.74) is 2.45. The molecule has 3 heteroatoms. The van der Waals surface area contributed by atoms with Gasteiger partial charge in [-0.25, -0.2) is 0 Å². The lowest BCUT2D eigenvalue weighted by atomic mass is 9.97. The van der Waals surface area contributed by atoms with E-state index in [1.807, 2.05) is 51.1 Å². The molecule has 0 aromatic heterocycles. The Hall–Kier alpha value is -2.16. The fraction of sp³-hybridized carbons (Fsp3) is 0.368. The van der Waals surface area contributed by atoms with Crippen molar-refractivity contribution in [2.45, 2.75) is 39.2 Å². The Morgan fingerprint density at radius 1 is 1.18 bits per heavy atom. The molecule has 2 rings (SSSR count). The summed E-state index contributed by atoms with van der Waals surface area (Å²) >= 11 is 0. The van der Waals surface area contributed by atoms with E-state index in [9.17, 15) is 4.79 Å². The highest BCUT2D eigenvalue weighted by atomic mass is 16.6. The van der Waals surface area contributed by atoms with Crippen LogP contribution in [0, 0.1) is 0 Å². The number of carbonyl (C=O) groups excluding carboxylic acids is 1. The van der Waals surface area contributed by atoms with Crippen LogP contribution < -0.4 is 0 Å². The first-order chi connectivity index (χ1) is 10.5. The lowest BCUT2D eigenvalue weighted by molar-refractivity contribution is -0.152. The predicted octanol–water partition coefficient (Wildman–Crippen LogP) is 4.09. The summed E-state index contributed by atoms with van der Waals surface area (Å²) in [5.74, 6) is -0.304. The predicted molar refractivity (Wildman–Crippen MR) is 90.1 cm³/mol. The molecular formula is C19H23NO2. The van der Waals surface area contributed by atoms with Crippen molar-refractivity contribution in [3.05, 3.63) is 59.7 Å². The highest BCUT2D eigenvalue weighted by Gasteiger charge is 2.16. The van der Waals surface area contributed by atoms with Gasteiger partial charge < -0.3 is 4.74 Å². The third-order valence-corrected chi connectivity index (χ3v) is 3.10. The molecule has 0 saturated heterocycles. The molecule has 0 fully saturated rings. The molecule has 0 saturated carbocycles. The first-order valence-electron chi connectivity index (χ1n) is 7.64. The van der Waals surface area contributed by atoms with E-state index in [-0.39, 0.29) is 12.5 Å². The molecule has 0 unspecified atom stereocenters. The van der Waals surface area contributed by atoms with Crippen molar-refractivity contribution in [2.75, 3.05) is 6.54 Å². The van der Waals surface area contributed by atoms with Crippen molar-refractivity contribution >= 4 is 11.7 Å². The Labute approximate surface area is 132 Å². The molecule has 1 aromatic rings. The SMILES string of the molecule is CC(C)(C)OC(=O)CN=C(C1=CCCC=C1)c1ccccc1. The molecule has 116 valence electrons. The van der Waals surface area contributed by atoms with Gasteiger partial charge in [-0.15, -0.1) is 0 Å². The molecule has 0 radical (unpaired) electrons. The van der Waals surface area contributed by atoms with E-state index in [2.05, 4.69) is 23.2 Å². The van der Waals surface area contributed by atoms with Crippen LogP contribution in [0.15, 0.2) is 59.1 Å². The van der Waals surface area contributed by atoms with Crippen LogP contribution in [-0.2, 0) is 9.53 Å². The molecule has 1 aliphatic carbocycles. The van der Waals surface area contributed by atoms with Gasteiger partial charge >= 0.3 is 5.97 Å². The molecule has 1 aliphatic rings. The molecule has 0 aliphatic heterocycles. The number of hydrogen-bond donors (Lipinski definition) is 0. The Morgan fingerprint density at radius 3 is 2.50 bits per heavy atom. The lowest BCUT2D eigenvalue weighted by Gasteiger charge is -2.19. The van der Waals surface area contributed by atoms with E-state index in [1.165, 1.54) is 0 Å². The van der Waals surface area contributed by atoms with E-state index in [0.29, 0.717) is 0 Å². The van der Waals surface area contributed by atoms with Crippen molar-refractivity contribution in [1.82, 2.24) is 0 Å². The first kappa shape index (κ1) is 16.2. The highest BCUT2D eigenvalue weighted by Crippen LogP contribution is 2.17. The van der Waals surface area contributed by atoms with Crippen LogP contribution in [0.1, 0.15) is 39.2 Å². The average Bonchev–Trinajstić information content (AvgIpc) is 2.48. The monoisotopic (exact) mass is 297 g/mol. The number of rotatable bonds is 4. The standard InChI is InChI=1S/C19H23NO2/c1-19(2,3)22-17(21)14-20-18(15-10-6-4-7-11-15)16-12-8-5-9-13-16/h4,6-8,10-13H,5,9,14H2,1-3H3. The van der Waals surface area contributed by atoms with Gasteiger partial charge in [0, 0.05) is 5.56 Å². The van der Waals surface area contributed by atoms with Crippen molar-refractivity contribution in [3.63, 3.8) is 0 Å². The summed E-state index contributed by atoms with van der Waals surface area (Å²) in [6.07, 6.45) is 8.44. The van der Waals surface area contributed by atoms with Crippen LogP contribution in [0.3, 0.4) is 0 Å². The van der Waals surface area contributed by atoms with Crippen LogP contribution in [0.5, 0.6) is 0 Å². The Bertz CT molecular complexity index is 604. The molecular weight excluding hydrogens is 274 g/mol. The van der Waals surface area contributed by atoms with E-state index in [1.54, 1.807) is 0 Å². The van der Waals surface area contributed by atoms with Gasteiger partial charge in [0.25, 0.3) is 0 Å². The van der Waals surface area contributed by atoms with Crippen molar-refractivity contribution in [1.29, 1.82) is 0 Å². The fourth-order valence-electron chi connectivity index (χ4n) is 2.25. The quantitative estimate of drug-likeness (QED) is 0.620. The molecule has 22 heavy (non-hydrogen) atoms. The van der Waals surface area contributed by atoms with Crippen LogP contribution in [-0.4, -0.2) is 23.8 Å². The zero-order chi connectivity index (χ0) is 16.0. The fourth-order valence-corrected chi connectivity index (χ4v) is 2.25. The summed E-state index contributed by atoms with van der Waals surface area (Å²) < 4.78 is 5.33. The topological polar surface area (TPSA) is 38.7 Å². The van der Waals surface area contributed by atoms with Gasteiger partial charge in [0.1, 0.15) is 12.1 Å². The number of allylic oxidation sites excluding steroid dienone is 4. The van der Waals surface area contributed by atoms with Gasteiger partial charge in [-0.2, -0.15) is 0 Å². The lowest BCUT2D eigenvalue weighted by Crippen LogP contribution is -2.25. The third-order valence-electron chi connectivity index (χ3n) is 3.10. The minimum absolute atomic E-state index is 0.0344. The number of nitrogens with zero attached hydrogens (tertiary/aromatic N) is 1. The number of hydrogen-bond acceptors (Lipinski definition) is 3. The number of esters is 1. The molecule has 0 bridgehead atoms. The molecule has 0 N–H and O–H groups in total. The van der Waals surface area contributed by atoms with Crippen LogP contribution in [0.2, 0.25) is 0 Å². The smallest absolute Gasteiger partial charge is 0.328 e. The summed E-state index contributed by atoms with van der Waals surface area (Å²) in [5, 5.41) is 0. The zero-order valence-corrected chi connectivity index (χ0v) is 13.5. The van der Waals surface area contributed by atoms with Crippen LogP contribution in [0.25, 0.3) is 0 Å². The minimum atomic E-state index is -0.483. The van der Waals surface area contributed by atoms with Crippen molar-refractivity contribution in [3.8, 4) is 0 Å². The van der Waals surface area contributed by atoms with E-state index >= 15 is 0 Å². The molecule has 0 spiro atoms. The van der Waals surface area contributed by atoms with Gasteiger partial charge in [-0.1, -0.05) is 48.6 Å². The van der Waals surface area contributed by atoms with Gasteiger partial charge in [0.15, 0.2) is 0 Å². The normalized spacial score (nSPS) is 15.4. The van der Waals surface area contributed by atoms with E-state index in [4.69, 9.17) is 4.74 Å². The summed E-state index contributed by atoms with van der Waals surface area (Å²) in [6, 6.07) is 9.95. The number of aliphatic imine (C=N–C) groups is 1. The molecule has 3 nitrogen and oxygen atoms in total. The Balaban J connectivity index is 2.21.